The molecule has 0 bridgehead atoms. The molecule has 11 heavy (non-hydrogen) atoms. The lowest BCUT2D eigenvalue weighted by Gasteiger charge is -1.93. The third-order valence-electron chi connectivity index (χ3n) is 1.13. The van der Waals surface area contributed by atoms with Gasteiger partial charge in [-0.1, -0.05) is 0 Å². The highest BCUT2D eigenvalue weighted by Crippen LogP contribution is 2.09. The summed E-state index contributed by atoms with van der Waals surface area (Å²) in [4.78, 5) is 14.1. The molecule has 0 atom stereocenters. The van der Waals surface area contributed by atoms with Gasteiger partial charge in [0.15, 0.2) is 12.0 Å². The topological polar surface area (TPSA) is 53.8 Å². The minimum Gasteiger partial charge on any atom is -0.298 e. The van der Waals surface area contributed by atoms with E-state index in [4.69, 9.17) is 5.26 Å². The lowest BCUT2D eigenvalue weighted by molar-refractivity contribution is 0.112. The predicted octanol–water partition coefficient (Wildman–Crippen LogP) is 1.53. The van der Waals surface area contributed by atoms with Gasteiger partial charge in [-0.05, 0) is 28.1 Å². The van der Waals surface area contributed by atoms with E-state index in [0.717, 1.165) is 0 Å². The van der Waals surface area contributed by atoms with Crippen LogP contribution in [-0.2, 0) is 0 Å². The van der Waals surface area contributed by atoms with Gasteiger partial charge in [0.25, 0.3) is 0 Å². The van der Waals surface area contributed by atoms with Crippen LogP contribution in [0.1, 0.15) is 16.1 Å². The summed E-state index contributed by atoms with van der Waals surface area (Å²) in [5.41, 5.74) is 0.463. The fourth-order valence-electron chi connectivity index (χ4n) is 0.631. The zero-order valence-electron chi connectivity index (χ0n) is 5.41. The second-order valence-electron chi connectivity index (χ2n) is 1.80. The van der Waals surface area contributed by atoms with Crippen LogP contribution < -0.4 is 0 Å². The van der Waals surface area contributed by atoms with Crippen molar-refractivity contribution in [3.05, 3.63) is 28.0 Å². The summed E-state index contributed by atoms with van der Waals surface area (Å²) >= 11 is 3.09. The third kappa shape index (κ3) is 1.63. The molecule has 0 saturated carbocycles. The molecule has 0 aliphatic rings. The average molecular weight is 211 g/mol. The second-order valence-corrected chi connectivity index (χ2v) is 2.61. The van der Waals surface area contributed by atoms with E-state index in [1.54, 1.807) is 12.1 Å². The number of nitrogens with zero attached hydrogens (tertiary/aromatic N) is 2. The van der Waals surface area contributed by atoms with Crippen LogP contribution in [0.4, 0.5) is 0 Å². The largest absolute Gasteiger partial charge is 0.298 e. The SMILES string of the molecule is N#Cc1nc(Br)ccc1C=O. The fourth-order valence-corrected chi connectivity index (χ4v) is 0.940. The van der Waals surface area contributed by atoms with Crippen LogP contribution in [-0.4, -0.2) is 11.3 Å². The Hall–Kier alpha value is -1.21. The van der Waals surface area contributed by atoms with Crippen molar-refractivity contribution in [3.8, 4) is 6.07 Å². The summed E-state index contributed by atoms with van der Waals surface area (Å²) in [7, 11) is 0. The van der Waals surface area contributed by atoms with E-state index in [1.165, 1.54) is 0 Å². The Morgan fingerprint density at radius 2 is 2.36 bits per heavy atom. The maximum Gasteiger partial charge on any atom is 0.152 e. The van der Waals surface area contributed by atoms with Gasteiger partial charge in [0.2, 0.25) is 0 Å². The molecule has 0 spiro atoms. The maximum atomic E-state index is 10.3. The highest BCUT2D eigenvalue weighted by molar-refractivity contribution is 9.10. The molecule has 0 aliphatic carbocycles. The highest BCUT2D eigenvalue weighted by atomic mass is 79.9. The first-order chi connectivity index (χ1) is 5.27. The van der Waals surface area contributed by atoms with E-state index in [0.29, 0.717) is 16.5 Å². The molecule has 0 fully saturated rings. The molecule has 1 aromatic heterocycles. The maximum absolute atomic E-state index is 10.3. The highest BCUT2D eigenvalue weighted by Gasteiger charge is 2.01. The van der Waals surface area contributed by atoms with Crippen LogP contribution in [0.5, 0.6) is 0 Å². The van der Waals surface area contributed by atoms with Gasteiger partial charge in [0.1, 0.15) is 10.7 Å². The van der Waals surface area contributed by atoms with Crippen molar-refractivity contribution in [2.45, 2.75) is 0 Å². The van der Waals surface area contributed by atoms with Crippen LogP contribution >= 0.6 is 15.9 Å². The number of hydrogen-bond acceptors (Lipinski definition) is 3. The van der Waals surface area contributed by atoms with E-state index >= 15 is 0 Å². The van der Waals surface area contributed by atoms with Gasteiger partial charge >= 0.3 is 0 Å². The quantitative estimate of drug-likeness (QED) is 0.522. The molecule has 1 heterocycles. The first kappa shape index (κ1) is 7.89. The van der Waals surface area contributed by atoms with Crippen molar-refractivity contribution < 1.29 is 4.79 Å². The van der Waals surface area contributed by atoms with Gasteiger partial charge in [0.05, 0.1) is 5.56 Å². The van der Waals surface area contributed by atoms with Gasteiger partial charge in [-0.15, -0.1) is 0 Å². The molecule has 0 radical (unpaired) electrons. The van der Waals surface area contributed by atoms with Crippen molar-refractivity contribution >= 4 is 22.2 Å². The summed E-state index contributed by atoms with van der Waals surface area (Å²) in [6, 6.07) is 4.97. The molecule has 54 valence electrons. The number of rotatable bonds is 1. The molecular formula is C7H3BrN2O. The smallest absolute Gasteiger partial charge is 0.152 e. The average Bonchev–Trinajstić information content (AvgIpc) is 2.04. The third-order valence-corrected chi connectivity index (χ3v) is 1.57. The molecule has 1 aromatic rings. The van der Waals surface area contributed by atoms with Crippen molar-refractivity contribution in [3.63, 3.8) is 0 Å². The Labute approximate surface area is 71.8 Å². The minimum atomic E-state index is 0.148. The second kappa shape index (κ2) is 3.26. The summed E-state index contributed by atoms with van der Waals surface area (Å²) in [6.45, 7) is 0. The number of pyridine rings is 1. The van der Waals surface area contributed by atoms with Gasteiger partial charge in [-0.2, -0.15) is 5.26 Å². The number of aromatic nitrogens is 1. The summed E-state index contributed by atoms with van der Waals surface area (Å²) in [5, 5.41) is 8.48. The number of carbonyl (C=O) groups is 1. The Balaban J connectivity index is 3.30. The molecule has 0 unspecified atom stereocenters. The number of carbonyl (C=O) groups excluding carboxylic acids is 1. The Bertz CT molecular complexity index is 330. The molecular weight excluding hydrogens is 208 g/mol. The van der Waals surface area contributed by atoms with Crippen molar-refractivity contribution in [2.24, 2.45) is 0 Å². The van der Waals surface area contributed by atoms with E-state index in [-0.39, 0.29) is 5.69 Å². The zero-order chi connectivity index (χ0) is 8.27. The van der Waals surface area contributed by atoms with Gasteiger partial charge in [-0.25, -0.2) is 4.98 Å². The molecule has 0 aromatic carbocycles. The predicted molar refractivity (Wildman–Crippen MR) is 42.0 cm³/mol. The van der Waals surface area contributed by atoms with Crippen molar-refractivity contribution in [2.75, 3.05) is 0 Å². The van der Waals surface area contributed by atoms with Gasteiger partial charge < -0.3 is 0 Å². The number of aldehydes is 1. The number of hydrogen-bond donors (Lipinski definition) is 0. The van der Waals surface area contributed by atoms with E-state index < -0.39 is 0 Å². The van der Waals surface area contributed by atoms with Crippen molar-refractivity contribution in [1.29, 1.82) is 5.26 Å². The zero-order valence-corrected chi connectivity index (χ0v) is 7.00. The molecule has 4 heteroatoms. The van der Waals surface area contributed by atoms with E-state index in [2.05, 4.69) is 20.9 Å². The minimum absolute atomic E-state index is 0.148. The van der Waals surface area contributed by atoms with Crippen molar-refractivity contribution in [1.82, 2.24) is 4.98 Å². The normalized spacial score (nSPS) is 8.73. The molecule has 0 amide bonds. The van der Waals surface area contributed by atoms with Crippen LogP contribution in [0.3, 0.4) is 0 Å². The summed E-state index contributed by atoms with van der Waals surface area (Å²) in [6.07, 6.45) is 0.609. The van der Waals surface area contributed by atoms with Crippen LogP contribution in [0.15, 0.2) is 16.7 Å². The molecule has 1 rings (SSSR count). The van der Waals surface area contributed by atoms with Crippen LogP contribution in [0.25, 0.3) is 0 Å². The van der Waals surface area contributed by atoms with Gasteiger partial charge in [0, 0.05) is 0 Å². The Morgan fingerprint density at radius 3 is 2.91 bits per heavy atom. The summed E-state index contributed by atoms with van der Waals surface area (Å²) in [5.74, 6) is 0. The lowest BCUT2D eigenvalue weighted by Crippen LogP contribution is -1.91. The van der Waals surface area contributed by atoms with E-state index in [9.17, 15) is 4.79 Å². The molecule has 0 saturated heterocycles. The van der Waals surface area contributed by atoms with E-state index in [1.807, 2.05) is 6.07 Å². The lowest BCUT2D eigenvalue weighted by atomic mass is 10.2. The molecule has 3 nitrogen and oxygen atoms in total. The number of halogens is 1. The summed E-state index contributed by atoms with van der Waals surface area (Å²) < 4.78 is 0.555. The number of nitriles is 1. The Morgan fingerprint density at radius 1 is 1.64 bits per heavy atom. The molecule has 0 N–H and O–H groups in total. The fraction of sp³-hybridized carbons (Fsp3) is 0. The standard InChI is InChI=1S/C7H3BrN2O/c8-7-2-1-5(4-11)6(3-9)10-7/h1-2,4H. The van der Waals surface area contributed by atoms with Crippen LogP contribution in [0.2, 0.25) is 0 Å². The first-order valence-corrected chi connectivity index (χ1v) is 3.59. The first-order valence-electron chi connectivity index (χ1n) is 2.79. The van der Waals surface area contributed by atoms with Crippen LogP contribution in [0, 0.1) is 11.3 Å². The van der Waals surface area contributed by atoms with Gasteiger partial charge in [-0.3, -0.25) is 4.79 Å². The monoisotopic (exact) mass is 210 g/mol. The molecule has 0 aliphatic heterocycles. The Kier molecular flexibility index (Phi) is 2.34.